The third kappa shape index (κ3) is 5.90. The van der Waals surface area contributed by atoms with Gasteiger partial charge in [0.15, 0.2) is 0 Å². The van der Waals surface area contributed by atoms with Gasteiger partial charge in [-0.1, -0.05) is 36.7 Å². The first-order chi connectivity index (χ1) is 12.0. The molecular weight excluding hydrogens is 340 g/mol. The molecule has 0 radical (unpaired) electrons. The molecule has 25 heavy (non-hydrogen) atoms. The number of nitrogens with one attached hydrogen (secondary N) is 2. The Morgan fingerprint density at radius 2 is 1.88 bits per heavy atom. The van der Waals surface area contributed by atoms with Crippen molar-refractivity contribution in [1.29, 1.82) is 0 Å². The average molecular weight is 367 g/mol. The van der Waals surface area contributed by atoms with E-state index < -0.39 is 0 Å². The third-order valence-corrected chi connectivity index (χ3v) is 4.65. The van der Waals surface area contributed by atoms with Crippen LogP contribution in [-0.4, -0.2) is 61.0 Å². The molecule has 6 nitrogen and oxygen atoms in total. The normalized spacial score (nSPS) is 16.4. The van der Waals surface area contributed by atoms with Crippen LogP contribution in [0.25, 0.3) is 0 Å². The van der Waals surface area contributed by atoms with E-state index in [9.17, 15) is 9.59 Å². The molecule has 0 aliphatic carbocycles. The van der Waals surface area contributed by atoms with Gasteiger partial charge >= 0.3 is 6.03 Å². The number of nitrogens with zero attached hydrogens (tertiary/aromatic N) is 2. The Balaban J connectivity index is 1.77. The van der Waals surface area contributed by atoms with Crippen molar-refractivity contribution in [2.24, 2.45) is 0 Å². The van der Waals surface area contributed by atoms with Gasteiger partial charge < -0.3 is 15.5 Å². The first kappa shape index (κ1) is 19.5. The molecule has 1 heterocycles. The summed E-state index contributed by atoms with van der Waals surface area (Å²) in [6.07, 6.45) is 0.934. The highest BCUT2D eigenvalue weighted by atomic mass is 35.5. The lowest BCUT2D eigenvalue weighted by molar-refractivity contribution is -0.122. The molecule has 2 N–H and O–H groups in total. The van der Waals surface area contributed by atoms with E-state index in [1.165, 1.54) is 0 Å². The molecule has 3 amide bonds. The molecule has 1 fully saturated rings. The second-order valence-corrected chi connectivity index (χ2v) is 6.71. The van der Waals surface area contributed by atoms with E-state index >= 15 is 0 Å². The van der Waals surface area contributed by atoms with Gasteiger partial charge in [-0.15, -0.1) is 0 Å². The van der Waals surface area contributed by atoms with Gasteiger partial charge in [0, 0.05) is 37.7 Å². The van der Waals surface area contributed by atoms with E-state index in [-0.39, 0.29) is 18.0 Å². The van der Waals surface area contributed by atoms with Crippen LogP contribution in [0.3, 0.4) is 0 Å². The van der Waals surface area contributed by atoms with Crippen LogP contribution in [0.15, 0.2) is 24.3 Å². The standard InChI is InChI=1S/C18H27ClN4O2/c1-3-8-20-17(24)13-22-9-11-23(12-10-22)18(25)21-14(2)15-6-4-5-7-16(15)19/h4-7,14H,3,8-13H2,1-2H3,(H,20,24)(H,21,25). The predicted molar refractivity (Wildman–Crippen MR) is 99.7 cm³/mol. The van der Waals surface area contributed by atoms with Crippen LogP contribution in [0.4, 0.5) is 4.79 Å². The third-order valence-electron chi connectivity index (χ3n) is 4.31. The Bertz CT molecular complexity index is 588. The lowest BCUT2D eigenvalue weighted by atomic mass is 10.1. The highest BCUT2D eigenvalue weighted by Gasteiger charge is 2.23. The number of halogens is 1. The van der Waals surface area contributed by atoms with E-state index in [1.807, 2.05) is 38.1 Å². The molecule has 1 unspecified atom stereocenters. The molecule has 1 aromatic rings. The van der Waals surface area contributed by atoms with Gasteiger partial charge in [-0.3, -0.25) is 9.69 Å². The number of rotatable bonds is 6. The first-order valence-electron chi connectivity index (χ1n) is 8.80. The fraction of sp³-hybridized carbons (Fsp3) is 0.556. The van der Waals surface area contributed by atoms with Crippen molar-refractivity contribution in [2.75, 3.05) is 39.3 Å². The number of piperazine rings is 1. The van der Waals surface area contributed by atoms with E-state index in [4.69, 9.17) is 11.6 Å². The molecule has 7 heteroatoms. The number of urea groups is 1. The topological polar surface area (TPSA) is 64.7 Å². The SMILES string of the molecule is CCCNC(=O)CN1CCN(C(=O)NC(C)c2ccccc2Cl)CC1. The fourth-order valence-electron chi connectivity index (χ4n) is 2.81. The van der Waals surface area contributed by atoms with E-state index in [1.54, 1.807) is 4.90 Å². The van der Waals surface area contributed by atoms with Crippen molar-refractivity contribution < 1.29 is 9.59 Å². The molecular formula is C18H27ClN4O2. The quantitative estimate of drug-likeness (QED) is 0.811. The molecule has 2 rings (SSSR count). The van der Waals surface area contributed by atoms with E-state index in [2.05, 4.69) is 15.5 Å². The molecule has 1 atom stereocenters. The number of hydrogen-bond donors (Lipinski definition) is 2. The molecule has 1 aromatic carbocycles. The zero-order chi connectivity index (χ0) is 18.2. The van der Waals surface area contributed by atoms with Crippen LogP contribution in [0.1, 0.15) is 31.9 Å². The van der Waals surface area contributed by atoms with Gasteiger partial charge in [0.25, 0.3) is 0 Å². The summed E-state index contributed by atoms with van der Waals surface area (Å²) in [7, 11) is 0. The highest BCUT2D eigenvalue weighted by molar-refractivity contribution is 6.31. The zero-order valence-electron chi connectivity index (χ0n) is 14.9. The molecule has 0 aromatic heterocycles. The van der Waals surface area contributed by atoms with Crippen molar-refractivity contribution in [2.45, 2.75) is 26.3 Å². The van der Waals surface area contributed by atoms with Gasteiger partial charge in [0.05, 0.1) is 12.6 Å². The van der Waals surface area contributed by atoms with Crippen LogP contribution in [0.5, 0.6) is 0 Å². The van der Waals surface area contributed by atoms with Crippen molar-refractivity contribution in [1.82, 2.24) is 20.4 Å². The maximum absolute atomic E-state index is 12.4. The van der Waals surface area contributed by atoms with E-state index in [0.29, 0.717) is 44.3 Å². The molecule has 138 valence electrons. The smallest absolute Gasteiger partial charge is 0.317 e. The van der Waals surface area contributed by atoms with Crippen molar-refractivity contribution in [3.05, 3.63) is 34.9 Å². The van der Waals surface area contributed by atoms with Gasteiger partial charge in [-0.2, -0.15) is 0 Å². The summed E-state index contributed by atoms with van der Waals surface area (Å²) in [6.45, 7) is 7.69. The minimum atomic E-state index is -0.154. The Morgan fingerprint density at radius 3 is 2.52 bits per heavy atom. The summed E-state index contributed by atoms with van der Waals surface area (Å²) < 4.78 is 0. The summed E-state index contributed by atoms with van der Waals surface area (Å²) in [5.41, 5.74) is 0.906. The molecule has 0 spiro atoms. The number of hydrogen-bond acceptors (Lipinski definition) is 3. The summed E-state index contributed by atoms with van der Waals surface area (Å²) in [4.78, 5) is 28.1. The fourth-order valence-corrected chi connectivity index (χ4v) is 3.11. The van der Waals surface area contributed by atoms with Crippen LogP contribution in [-0.2, 0) is 4.79 Å². The summed E-state index contributed by atoms with van der Waals surface area (Å²) in [5, 5.41) is 6.52. The Hall–Kier alpha value is -1.79. The molecule has 1 aliphatic rings. The van der Waals surface area contributed by atoms with Gasteiger partial charge in [-0.05, 0) is 25.0 Å². The van der Waals surface area contributed by atoms with Crippen molar-refractivity contribution in [3.8, 4) is 0 Å². The molecule has 1 aliphatic heterocycles. The monoisotopic (exact) mass is 366 g/mol. The number of carbonyl (C=O) groups excluding carboxylic acids is 2. The van der Waals surface area contributed by atoms with Crippen LogP contribution >= 0.6 is 11.6 Å². The van der Waals surface area contributed by atoms with E-state index in [0.717, 1.165) is 12.0 Å². The number of carbonyl (C=O) groups is 2. The van der Waals surface area contributed by atoms with Crippen molar-refractivity contribution in [3.63, 3.8) is 0 Å². The number of amides is 3. The van der Waals surface area contributed by atoms with Gasteiger partial charge in [-0.25, -0.2) is 4.79 Å². The minimum absolute atomic E-state index is 0.0482. The molecule has 0 saturated carbocycles. The maximum atomic E-state index is 12.4. The second-order valence-electron chi connectivity index (χ2n) is 6.31. The van der Waals surface area contributed by atoms with Crippen LogP contribution < -0.4 is 10.6 Å². The Morgan fingerprint density at radius 1 is 1.20 bits per heavy atom. The Labute approximate surface area is 154 Å². The van der Waals surface area contributed by atoms with Gasteiger partial charge in [0.1, 0.15) is 0 Å². The highest BCUT2D eigenvalue weighted by Crippen LogP contribution is 2.22. The summed E-state index contributed by atoms with van der Waals surface area (Å²) in [5.74, 6) is 0.0482. The molecule has 1 saturated heterocycles. The molecule has 0 bridgehead atoms. The lowest BCUT2D eigenvalue weighted by Gasteiger charge is -2.35. The largest absolute Gasteiger partial charge is 0.355 e. The zero-order valence-corrected chi connectivity index (χ0v) is 15.7. The average Bonchev–Trinajstić information content (AvgIpc) is 2.60. The second kappa shape index (κ2) is 9.63. The summed E-state index contributed by atoms with van der Waals surface area (Å²) >= 11 is 6.18. The predicted octanol–water partition coefficient (Wildman–Crippen LogP) is 2.25. The first-order valence-corrected chi connectivity index (χ1v) is 9.18. The Kier molecular flexibility index (Phi) is 7.52. The van der Waals surface area contributed by atoms with Crippen molar-refractivity contribution >= 4 is 23.5 Å². The van der Waals surface area contributed by atoms with Gasteiger partial charge in [0.2, 0.25) is 5.91 Å². The van der Waals surface area contributed by atoms with Crippen LogP contribution in [0, 0.1) is 0 Å². The number of benzene rings is 1. The minimum Gasteiger partial charge on any atom is -0.355 e. The maximum Gasteiger partial charge on any atom is 0.317 e. The lowest BCUT2D eigenvalue weighted by Crippen LogP contribution is -2.53. The van der Waals surface area contributed by atoms with Crippen LogP contribution in [0.2, 0.25) is 5.02 Å². The summed E-state index contributed by atoms with van der Waals surface area (Å²) in [6, 6.07) is 7.27.